The highest BCUT2D eigenvalue weighted by molar-refractivity contribution is 6.32. The Labute approximate surface area is 125 Å². The van der Waals surface area contributed by atoms with Crippen LogP contribution in [0, 0.1) is 29.1 Å². The number of hydrogen-bond acceptors (Lipinski definition) is 2. The summed E-state index contributed by atoms with van der Waals surface area (Å²) >= 11 is 6.15. The summed E-state index contributed by atoms with van der Waals surface area (Å²) < 4.78 is 0. The third-order valence-electron chi connectivity index (χ3n) is 5.56. The summed E-state index contributed by atoms with van der Waals surface area (Å²) in [6.45, 7) is 0. The van der Waals surface area contributed by atoms with Crippen LogP contribution in [-0.2, 0) is 0 Å². The van der Waals surface area contributed by atoms with Gasteiger partial charge >= 0.3 is 0 Å². The molecule has 1 N–H and O–H groups in total. The Hall–Kier alpha value is -1.20. The first-order chi connectivity index (χ1) is 9.67. The predicted molar refractivity (Wildman–Crippen MR) is 80.7 cm³/mol. The number of nitrogens with one attached hydrogen (secondary N) is 1. The fourth-order valence-corrected chi connectivity index (χ4v) is 5.51. The second kappa shape index (κ2) is 4.40. The highest BCUT2D eigenvalue weighted by atomic mass is 35.5. The van der Waals surface area contributed by atoms with E-state index in [9.17, 15) is 5.26 Å². The molecule has 104 valence electrons. The molecule has 0 spiro atoms. The maximum Gasteiger partial charge on any atom is 0.103 e. The van der Waals surface area contributed by atoms with E-state index < -0.39 is 0 Å². The van der Waals surface area contributed by atoms with E-state index in [1.54, 1.807) is 6.07 Å². The molecule has 0 heterocycles. The molecule has 2 nitrogen and oxygen atoms in total. The highest BCUT2D eigenvalue weighted by Gasteiger charge is 2.51. The van der Waals surface area contributed by atoms with Gasteiger partial charge in [0.1, 0.15) is 6.07 Å². The van der Waals surface area contributed by atoms with E-state index in [2.05, 4.69) is 11.4 Å². The molecule has 4 aliphatic carbocycles. The van der Waals surface area contributed by atoms with E-state index in [0.717, 1.165) is 23.4 Å². The van der Waals surface area contributed by atoms with Gasteiger partial charge in [-0.2, -0.15) is 5.26 Å². The van der Waals surface area contributed by atoms with Gasteiger partial charge in [-0.05, 0) is 68.4 Å². The molecule has 4 saturated carbocycles. The minimum Gasteiger partial charge on any atom is -0.378 e. The van der Waals surface area contributed by atoms with Crippen molar-refractivity contribution < 1.29 is 0 Å². The van der Waals surface area contributed by atoms with Crippen LogP contribution in [0.15, 0.2) is 18.2 Å². The molecule has 0 amide bonds. The number of nitriles is 1. The van der Waals surface area contributed by atoms with E-state index in [1.807, 2.05) is 12.1 Å². The van der Waals surface area contributed by atoms with Crippen molar-refractivity contribution in [1.82, 2.24) is 0 Å². The summed E-state index contributed by atoms with van der Waals surface area (Å²) in [6.07, 6.45) is 8.12. The van der Waals surface area contributed by atoms with Crippen LogP contribution in [0.25, 0.3) is 0 Å². The number of hydrogen-bond donors (Lipinski definition) is 1. The van der Waals surface area contributed by atoms with Gasteiger partial charge in [-0.3, -0.25) is 0 Å². The van der Waals surface area contributed by atoms with E-state index >= 15 is 0 Å². The Morgan fingerprint density at radius 1 is 1.10 bits per heavy atom. The zero-order valence-electron chi connectivity index (χ0n) is 11.5. The fraction of sp³-hybridized carbons (Fsp3) is 0.588. The summed E-state index contributed by atoms with van der Waals surface area (Å²) in [6, 6.07) is 7.99. The molecule has 0 saturated heterocycles. The maximum absolute atomic E-state index is 9.34. The Morgan fingerprint density at radius 2 is 1.70 bits per heavy atom. The van der Waals surface area contributed by atoms with E-state index in [0.29, 0.717) is 10.6 Å². The zero-order valence-corrected chi connectivity index (χ0v) is 12.3. The SMILES string of the molecule is N#Cc1c(Cl)cccc1NC12CC3CC(CC(C3)C1)C2. The topological polar surface area (TPSA) is 35.8 Å². The lowest BCUT2D eigenvalue weighted by atomic mass is 9.53. The molecule has 4 bridgehead atoms. The Morgan fingerprint density at radius 3 is 2.25 bits per heavy atom. The van der Waals surface area contributed by atoms with Gasteiger partial charge in [0.15, 0.2) is 0 Å². The molecular formula is C17H19ClN2. The maximum atomic E-state index is 9.34. The van der Waals surface area contributed by atoms with Gasteiger partial charge in [-0.1, -0.05) is 17.7 Å². The molecule has 0 aromatic heterocycles. The zero-order chi connectivity index (χ0) is 13.7. The van der Waals surface area contributed by atoms with Crippen LogP contribution in [0.4, 0.5) is 5.69 Å². The van der Waals surface area contributed by atoms with E-state index in [4.69, 9.17) is 11.6 Å². The van der Waals surface area contributed by atoms with Crippen LogP contribution < -0.4 is 5.32 Å². The van der Waals surface area contributed by atoms with E-state index in [1.165, 1.54) is 38.5 Å². The molecule has 20 heavy (non-hydrogen) atoms. The second-order valence-electron chi connectivity index (χ2n) is 7.10. The van der Waals surface area contributed by atoms with Crippen LogP contribution in [0.1, 0.15) is 44.1 Å². The molecule has 0 unspecified atom stereocenters. The first kappa shape index (κ1) is 12.5. The molecule has 4 aliphatic rings. The summed E-state index contributed by atoms with van der Waals surface area (Å²) in [5.74, 6) is 2.70. The van der Waals surface area contributed by atoms with Crippen LogP contribution in [0.3, 0.4) is 0 Å². The van der Waals surface area contributed by atoms with Crippen LogP contribution in [0.2, 0.25) is 5.02 Å². The van der Waals surface area contributed by atoms with Gasteiger partial charge in [0, 0.05) is 5.54 Å². The number of benzene rings is 1. The van der Waals surface area contributed by atoms with Crippen LogP contribution in [0.5, 0.6) is 0 Å². The average molecular weight is 287 g/mol. The number of halogens is 1. The van der Waals surface area contributed by atoms with Crippen molar-refractivity contribution in [2.75, 3.05) is 5.32 Å². The number of rotatable bonds is 2. The van der Waals surface area contributed by atoms with Crippen LogP contribution in [-0.4, -0.2) is 5.54 Å². The van der Waals surface area contributed by atoms with Gasteiger partial charge in [0.05, 0.1) is 16.3 Å². The molecule has 1 aromatic carbocycles. The van der Waals surface area contributed by atoms with Gasteiger partial charge in [-0.25, -0.2) is 0 Å². The molecule has 3 heteroatoms. The first-order valence-electron chi connectivity index (χ1n) is 7.64. The van der Waals surface area contributed by atoms with Crippen LogP contribution >= 0.6 is 11.6 Å². The minimum absolute atomic E-state index is 0.227. The third kappa shape index (κ3) is 1.91. The molecule has 0 atom stereocenters. The van der Waals surface area contributed by atoms with Crippen molar-refractivity contribution in [3.63, 3.8) is 0 Å². The lowest BCUT2D eigenvalue weighted by molar-refractivity contribution is 0.0107. The monoisotopic (exact) mass is 286 g/mol. The van der Waals surface area contributed by atoms with Gasteiger partial charge in [-0.15, -0.1) is 0 Å². The predicted octanol–water partition coefficient (Wildman–Crippen LogP) is 4.59. The molecule has 0 aliphatic heterocycles. The first-order valence-corrected chi connectivity index (χ1v) is 8.02. The lowest BCUT2D eigenvalue weighted by Crippen LogP contribution is -2.54. The summed E-state index contributed by atoms with van der Waals surface area (Å²) in [4.78, 5) is 0. The van der Waals surface area contributed by atoms with Crippen molar-refractivity contribution in [3.05, 3.63) is 28.8 Å². The number of anilines is 1. The molecular weight excluding hydrogens is 268 g/mol. The third-order valence-corrected chi connectivity index (χ3v) is 5.88. The van der Waals surface area contributed by atoms with Crippen molar-refractivity contribution in [1.29, 1.82) is 5.26 Å². The van der Waals surface area contributed by atoms with Crippen molar-refractivity contribution in [2.24, 2.45) is 17.8 Å². The normalized spacial score (nSPS) is 37.7. The Bertz CT molecular complexity index is 552. The molecule has 0 radical (unpaired) electrons. The molecule has 4 fully saturated rings. The van der Waals surface area contributed by atoms with Crippen molar-refractivity contribution in [3.8, 4) is 6.07 Å². The Kier molecular flexibility index (Phi) is 2.76. The Balaban J connectivity index is 1.67. The lowest BCUT2D eigenvalue weighted by Gasteiger charge is -2.57. The van der Waals surface area contributed by atoms with Gasteiger partial charge in [0.2, 0.25) is 0 Å². The smallest absolute Gasteiger partial charge is 0.103 e. The highest BCUT2D eigenvalue weighted by Crippen LogP contribution is 2.56. The van der Waals surface area contributed by atoms with Crippen molar-refractivity contribution in [2.45, 2.75) is 44.1 Å². The fourth-order valence-electron chi connectivity index (χ4n) is 5.29. The van der Waals surface area contributed by atoms with Gasteiger partial charge in [0.25, 0.3) is 0 Å². The summed E-state index contributed by atoms with van der Waals surface area (Å²) in [7, 11) is 0. The number of nitrogens with zero attached hydrogens (tertiary/aromatic N) is 1. The minimum atomic E-state index is 0.227. The molecule has 5 rings (SSSR count). The van der Waals surface area contributed by atoms with Gasteiger partial charge < -0.3 is 5.32 Å². The largest absolute Gasteiger partial charge is 0.378 e. The standard InChI is InChI=1S/C17H19ClN2/c18-15-2-1-3-16(14(15)10-19)20-17-7-11-4-12(8-17)6-13(5-11)9-17/h1-3,11-13,20H,4-9H2. The average Bonchev–Trinajstić information content (AvgIpc) is 2.36. The van der Waals surface area contributed by atoms with Crippen molar-refractivity contribution >= 4 is 17.3 Å². The molecule has 1 aromatic rings. The second-order valence-corrected chi connectivity index (χ2v) is 7.50. The summed E-state index contributed by atoms with van der Waals surface area (Å²) in [5, 5.41) is 13.6. The quantitative estimate of drug-likeness (QED) is 0.863. The van der Waals surface area contributed by atoms with E-state index in [-0.39, 0.29) is 5.54 Å². The summed E-state index contributed by atoms with van der Waals surface area (Å²) in [5.41, 5.74) is 1.76.